The van der Waals surface area contributed by atoms with E-state index >= 15 is 0 Å². The SMILES string of the molecule is CNC(=O)[C@@H](Cc1ccccc1)N(Cc1cccc(Cl)c1)C(=O)CN(c1cccc([N+](=O)[O-])c1)S(=O)(=O)c1ccccc1. The standard InChI is InChI=1S/C31H29ClN4O6S/c1-33-31(38)29(19-23-10-4-2-5-11-23)34(21-24-12-8-13-25(32)18-24)30(37)22-35(26-14-9-15-27(20-26)36(39)40)43(41,42)28-16-6-3-7-17-28/h2-18,20,29H,19,21-22H2,1H3,(H,33,38)/t29-/m1/s1. The summed E-state index contributed by atoms with van der Waals surface area (Å²) in [5.74, 6) is -1.15. The number of likely N-dealkylation sites (N-methyl/N-ethyl adjacent to an activating group) is 1. The summed E-state index contributed by atoms with van der Waals surface area (Å²) in [4.78, 5) is 39.6. The van der Waals surface area contributed by atoms with Crippen LogP contribution in [0.5, 0.6) is 0 Å². The van der Waals surface area contributed by atoms with Crippen LogP contribution in [0.15, 0.2) is 114 Å². The number of nitro groups is 1. The van der Waals surface area contributed by atoms with E-state index < -0.39 is 39.3 Å². The molecule has 0 aromatic heterocycles. The molecule has 4 aromatic rings. The Hall–Kier alpha value is -4.74. The van der Waals surface area contributed by atoms with Gasteiger partial charge in [-0.2, -0.15) is 0 Å². The van der Waals surface area contributed by atoms with Gasteiger partial charge in [-0.25, -0.2) is 8.42 Å². The summed E-state index contributed by atoms with van der Waals surface area (Å²) in [6.07, 6.45) is 0.148. The highest BCUT2D eigenvalue weighted by Gasteiger charge is 2.34. The number of amides is 2. The molecule has 4 aromatic carbocycles. The van der Waals surface area contributed by atoms with Crippen LogP contribution in [0.25, 0.3) is 0 Å². The Labute approximate surface area is 254 Å². The largest absolute Gasteiger partial charge is 0.357 e. The molecule has 0 aliphatic heterocycles. The van der Waals surface area contributed by atoms with Crippen molar-refractivity contribution in [3.05, 3.63) is 135 Å². The van der Waals surface area contributed by atoms with E-state index in [4.69, 9.17) is 11.6 Å². The van der Waals surface area contributed by atoms with Gasteiger partial charge in [-0.05, 0) is 41.5 Å². The van der Waals surface area contributed by atoms with E-state index in [0.717, 1.165) is 15.9 Å². The van der Waals surface area contributed by atoms with Gasteiger partial charge in [0, 0.05) is 37.2 Å². The number of hydrogen-bond donors (Lipinski definition) is 1. The summed E-state index contributed by atoms with van der Waals surface area (Å²) < 4.78 is 28.7. The summed E-state index contributed by atoms with van der Waals surface area (Å²) in [7, 11) is -2.92. The maximum atomic E-state index is 14.2. The van der Waals surface area contributed by atoms with E-state index in [1.54, 1.807) is 30.3 Å². The van der Waals surface area contributed by atoms with E-state index in [-0.39, 0.29) is 29.2 Å². The summed E-state index contributed by atoms with van der Waals surface area (Å²) in [5.41, 5.74) is 0.984. The fraction of sp³-hybridized carbons (Fsp3) is 0.161. The average molecular weight is 621 g/mol. The van der Waals surface area contributed by atoms with Gasteiger partial charge in [-0.15, -0.1) is 0 Å². The van der Waals surface area contributed by atoms with Crippen LogP contribution in [0.4, 0.5) is 11.4 Å². The highest BCUT2D eigenvalue weighted by molar-refractivity contribution is 7.92. The molecule has 0 unspecified atom stereocenters. The fourth-order valence-corrected chi connectivity index (χ4v) is 6.20. The molecule has 0 saturated heterocycles. The summed E-state index contributed by atoms with van der Waals surface area (Å²) in [5, 5.41) is 14.6. The molecule has 0 aliphatic carbocycles. The first-order valence-corrected chi connectivity index (χ1v) is 15.0. The zero-order valence-corrected chi connectivity index (χ0v) is 24.7. The van der Waals surface area contributed by atoms with Gasteiger partial charge in [0.25, 0.3) is 15.7 Å². The number of benzene rings is 4. The van der Waals surface area contributed by atoms with Crippen molar-refractivity contribution in [2.45, 2.75) is 23.9 Å². The van der Waals surface area contributed by atoms with Crippen LogP contribution in [0.2, 0.25) is 5.02 Å². The predicted octanol–water partition coefficient (Wildman–Crippen LogP) is 4.83. The van der Waals surface area contributed by atoms with Crippen molar-refractivity contribution < 1.29 is 22.9 Å². The van der Waals surface area contributed by atoms with Gasteiger partial charge < -0.3 is 10.2 Å². The maximum Gasteiger partial charge on any atom is 0.271 e. The molecule has 0 fully saturated rings. The molecule has 0 radical (unpaired) electrons. The molecule has 4 rings (SSSR count). The maximum absolute atomic E-state index is 14.2. The first kappa shape index (κ1) is 31.2. The van der Waals surface area contributed by atoms with E-state index in [9.17, 15) is 28.1 Å². The van der Waals surface area contributed by atoms with Gasteiger partial charge in [0.15, 0.2) is 0 Å². The van der Waals surface area contributed by atoms with Crippen molar-refractivity contribution >= 4 is 44.8 Å². The molecule has 0 heterocycles. The normalized spacial score (nSPS) is 11.8. The molecule has 1 N–H and O–H groups in total. The van der Waals surface area contributed by atoms with E-state index in [2.05, 4.69) is 5.32 Å². The molecule has 12 heteroatoms. The van der Waals surface area contributed by atoms with Gasteiger partial charge in [-0.1, -0.05) is 78.3 Å². The number of nitro benzene ring substituents is 1. The predicted molar refractivity (Wildman–Crippen MR) is 164 cm³/mol. The van der Waals surface area contributed by atoms with Gasteiger partial charge >= 0.3 is 0 Å². The molecule has 43 heavy (non-hydrogen) atoms. The third-order valence-electron chi connectivity index (χ3n) is 6.70. The highest BCUT2D eigenvalue weighted by Crippen LogP contribution is 2.28. The second kappa shape index (κ2) is 14.0. The first-order chi connectivity index (χ1) is 20.6. The Bertz CT molecular complexity index is 1700. The van der Waals surface area contributed by atoms with Crippen LogP contribution in [0, 0.1) is 10.1 Å². The Morgan fingerprint density at radius 1 is 0.884 bits per heavy atom. The first-order valence-electron chi connectivity index (χ1n) is 13.2. The van der Waals surface area contributed by atoms with Crippen molar-refractivity contribution in [3.63, 3.8) is 0 Å². The lowest BCUT2D eigenvalue weighted by atomic mass is 10.0. The Morgan fingerprint density at radius 3 is 2.14 bits per heavy atom. The molecule has 10 nitrogen and oxygen atoms in total. The molecule has 0 saturated carbocycles. The number of sulfonamides is 1. The zero-order valence-electron chi connectivity index (χ0n) is 23.2. The van der Waals surface area contributed by atoms with Crippen LogP contribution < -0.4 is 9.62 Å². The number of halogens is 1. The van der Waals surface area contributed by atoms with Crippen molar-refractivity contribution in [1.82, 2.24) is 10.2 Å². The number of rotatable bonds is 12. The quantitative estimate of drug-likeness (QED) is 0.178. The summed E-state index contributed by atoms with van der Waals surface area (Å²) >= 11 is 6.21. The van der Waals surface area contributed by atoms with Gasteiger partial charge in [0.1, 0.15) is 12.6 Å². The van der Waals surface area contributed by atoms with Crippen molar-refractivity contribution in [2.75, 3.05) is 17.9 Å². The van der Waals surface area contributed by atoms with Gasteiger partial charge in [-0.3, -0.25) is 24.0 Å². The second-order valence-electron chi connectivity index (χ2n) is 9.57. The lowest BCUT2D eigenvalue weighted by Crippen LogP contribution is -2.53. The number of nitrogens with one attached hydrogen (secondary N) is 1. The number of non-ortho nitro benzene ring substituents is 1. The Kier molecular flexibility index (Phi) is 10.1. The molecule has 2 amide bonds. The van der Waals surface area contributed by atoms with E-state index in [1.165, 1.54) is 54.4 Å². The molecule has 1 atom stereocenters. The molecule has 222 valence electrons. The summed E-state index contributed by atoms with van der Waals surface area (Å²) in [6.45, 7) is -0.792. The van der Waals surface area contributed by atoms with Crippen molar-refractivity contribution in [3.8, 4) is 0 Å². The zero-order chi connectivity index (χ0) is 31.0. The van der Waals surface area contributed by atoms with Crippen LogP contribution in [-0.4, -0.2) is 49.7 Å². The van der Waals surface area contributed by atoms with Crippen LogP contribution in [0.1, 0.15) is 11.1 Å². The van der Waals surface area contributed by atoms with Gasteiger partial charge in [0.05, 0.1) is 15.5 Å². The average Bonchev–Trinajstić information content (AvgIpc) is 3.02. The number of hydrogen-bond acceptors (Lipinski definition) is 6. The topological polar surface area (TPSA) is 130 Å². The van der Waals surface area contributed by atoms with E-state index in [1.807, 2.05) is 30.3 Å². The van der Waals surface area contributed by atoms with Gasteiger partial charge in [0.2, 0.25) is 11.8 Å². The number of carbonyl (C=O) groups is 2. The summed E-state index contributed by atoms with van der Waals surface area (Å²) in [6, 6.07) is 27.4. The Balaban J connectivity index is 1.81. The third kappa shape index (κ3) is 7.76. The fourth-order valence-electron chi connectivity index (χ4n) is 4.56. The van der Waals surface area contributed by atoms with Crippen LogP contribution in [0.3, 0.4) is 0 Å². The lowest BCUT2D eigenvalue weighted by Gasteiger charge is -2.33. The molecule has 0 aliphatic rings. The number of nitrogens with zero attached hydrogens (tertiary/aromatic N) is 3. The smallest absolute Gasteiger partial charge is 0.271 e. The van der Waals surface area contributed by atoms with E-state index in [0.29, 0.717) is 10.6 Å². The molecule has 0 spiro atoms. The number of anilines is 1. The van der Waals surface area contributed by atoms with Crippen LogP contribution in [-0.2, 0) is 32.6 Å². The minimum absolute atomic E-state index is 0.0571. The third-order valence-corrected chi connectivity index (χ3v) is 8.72. The van der Waals surface area contributed by atoms with Crippen molar-refractivity contribution in [1.29, 1.82) is 0 Å². The minimum atomic E-state index is -4.37. The highest BCUT2D eigenvalue weighted by atomic mass is 35.5. The Morgan fingerprint density at radius 2 is 1.51 bits per heavy atom. The van der Waals surface area contributed by atoms with Crippen LogP contribution >= 0.6 is 11.6 Å². The molecular formula is C31H29ClN4O6S. The number of carbonyl (C=O) groups excluding carboxylic acids is 2. The molecule has 0 bridgehead atoms. The second-order valence-corrected chi connectivity index (χ2v) is 11.9. The minimum Gasteiger partial charge on any atom is -0.357 e. The lowest BCUT2D eigenvalue weighted by molar-refractivity contribution is -0.384. The monoisotopic (exact) mass is 620 g/mol. The molecular weight excluding hydrogens is 592 g/mol. The van der Waals surface area contributed by atoms with Crippen molar-refractivity contribution in [2.24, 2.45) is 0 Å².